The zero-order valence-electron chi connectivity index (χ0n) is 12.5. The molecule has 5 heteroatoms. The van der Waals surface area contributed by atoms with Crippen molar-refractivity contribution < 1.29 is 12.8 Å². The van der Waals surface area contributed by atoms with Crippen molar-refractivity contribution in [3.05, 3.63) is 71.5 Å². The van der Waals surface area contributed by atoms with Crippen LogP contribution in [0.5, 0.6) is 0 Å². The molecule has 2 aromatic carbocycles. The lowest BCUT2D eigenvalue weighted by molar-refractivity contribution is 0.574. The lowest BCUT2D eigenvalue weighted by atomic mass is 9.98. The van der Waals surface area contributed by atoms with Gasteiger partial charge in [0.1, 0.15) is 15.7 Å². The summed E-state index contributed by atoms with van der Waals surface area (Å²) in [6.45, 7) is 0.545. The monoisotopic (exact) mass is 321 g/mol. The van der Waals surface area contributed by atoms with E-state index in [9.17, 15) is 12.8 Å². The molecule has 0 spiro atoms. The fourth-order valence-corrected chi connectivity index (χ4v) is 3.01. The maximum atomic E-state index is 13.5. The van der Waals surface area contributed by atoms with Gasteiger partial charge in [0, 0.05) is 6.26 Å². The standard InChI is InChI=1S/C17H20FNO2S/c1-22(20,21)12-6-11-19-17(14-7-3-2-4-8-14)15-9-5-10-16(18)13-15/h2-5,7-10,13,17,19H,6,11-12H2,1H3. The SMILES string of the molecule is CS(=O)(=O)CCCNC(c1ccccc1)c1cccc(F)c1. The summed E-state index contributed by atoms with van der Waals surface area (Å²) in [5, 5.41) is 3.32. The van der Waals surface area contributed by atoms with E-state index in [1.807, 2.05) is 36.4 Å². The first-order valence-corrected chi connectivity index (χ1v) is 9.23. The molecular weight excluding hydrogens is 301 g/mol. The molecule has 0 saturated heterocycles. The van der Waals surface area contributed by atoms with Crippen LogP contribution in [-0.2, 0) is 9.84 Å². The number of sulfone groups is 1. The average Bonchev–Trinajstić information content (AvgIpc) is 2.47. The molecule has 0 bridgehead atoms. The molecule has 0 heterocycles. The second kappa shape index (κ2) is 7.51. The van der Waals surface area contributed by atoms with E-state index in [4.69, 9.17) is 0 Å². The molecule has 1 N–H and O–H groups in total. The highest BCUT2D eigenvalue weighted by Gasteiger charge is 2.14. The Morgan fingerprint density at radius 2 is 1.73 bits per heavy atom. The van der Waals surface area contributed by atoms with Gasteiger partial charge in [0.15, 0.2) is 0 Å². The van der Waals surface area contributed by atoms with Crippen molar-refractivity contribution in [2.45, 2.75) is 12.5 Å². The first-order valence-electron chi connectivity index (χ1n) is 7.17. The number of rotatable bonds is 7. The van der Waals surface area contributed by atoms with Gasteiger partial charge in [0.25, 0.3) is 0 Å². The van der Waals surface area contributed by atoms with E-state index in [2.05, 4.69) is 5.32 Å². The summed E-state index contributed by atoms with van der Waals surface area (Å²) in [4.78, 5) is 0. The minimum absolute atomic E-state index is 0.144. The van der Waals surface area contributed by atoms with Crippen molar-refractivity contribution >= 4 is 9.84 Å². The Labute approximate surface area is 131 Å². The number of benzene rings is 2. The normalized spacial score (nSPS) is 13.0. The van der Waals surface area contributed by atoms with Crippen LogP contribution < -0.4 is 5.32 Å². The van der Waals surface area contributed by atoms with Crippen molar-refractivity contribution in [2.75, 3.05) is 18.6 Å². The summed E-state index contributed by atoms with van der Waals surface area (Å²) in [7, 11) is -2.96. The summed E-state index contributed by atoms with van der Waals surface area (Å²) < 4.78 is 35.8. The molecule has 1 unspecified atom stereocenters. The molecule has 2 aromatic rings. The predicted molar refractivity (Wildman–Crippen MR) is 87.0 cm³/mol. The Balaban J connectivity index is 2.13. The highest BCUT2D eigenvalue weighted by molar-refractivity contribution is 7.90. The van der Waals surface area contributed by atoms with Crippen LogP contribution in [0.2, 0.25) is 0 Å². The second-order valence-corrected chi connectivity index (χ2v) is 7.60. The van der Waals surface area contributed by atoms with Gasteiger partial charge in [0.2, 0.25) is 0 Å². The van der Waals surface area contributed by atoms with Gasteiger partial charge in [0.05, 0.1) is 11.8 Å². The van der Waals surface area contributed by atoms with Crippen LogP contribution >= 0.6 is 0 Å². The molecule has 0 saturated carbocycles. The third kappa shape index (κ3) is 5.24. The minimum atomic E-state index is -2.96. The molecular formula is C17H20FNO2S. The average molecular weight is 321 g/mol. The van der Waals surface area contributed by atoms with E-state index in [0.29, 0.717) is 13.0 Å². The quantitative estimate of drug-likeness (QED) is 0.798. The van der Waals surface area contributed by atoms with Gasteiger partial charge in [-0.2, -0.15) is 0 Å². The number of nitrogens with one attached hydrogen (secondary N) is 1. The molecule has 3 nitrogen and oxygen atoms in total. The van der Waals surface area contributed by atoms with Crippen LogP contribution in [0.3, 0.4) is 0 Å². The minimum Gasteiger partial charge on any atom is -0.306 e. The van der Waals surface area contributed by atoms with Crippen molar-refractivity contribution in [1.29, 1.82) is 0 Å². The summed E-state index contributed by atoms with van der Waals surface area (Å²) in [6, 6.07) is 16.0. The fraction of sp³-hybridized carbons (Fsp3) is 0.294. The number of halogens is 1. The first kappa shape index (κ1) is 16.6. The maximum Gasteiger partial charge on any atom is 0.147 e. The van der Waals surface area contributed by atoms with E-state index in [1.165, 1.54) is 18.4 Å². The Bertz CT molecular complexity index is 702. The topological polar surface area (TPSA) is 46.2 Å². The highest BCUT2D eigenvalue weighted by Crippen LogP contribution is 2.22. The lowest BCUT2D eigenvalue weighted by Gasteiger charge is -2.20. The van der Waals surface area contributed by atoms with Crippen LogP contribution in [0.25, 0.3) is 0 Å². The lowest BCUT2D eigenvalue weighted by Crippen LogP contribution is -2.25. The largest absolute Gasteiger partial charge is 0.306 e. The zero-order chi connectivity index (χ0) is 16.0. The van der Waals surface area contributed by atoms with E-state index >= 15 is 0 Å². The molecule has 0 fully saturated rings. The Kier molecular flexibility index (Phi) is 5.69. The van der Waals surface area contributed by atoms with Crippen molar-refractivity contribution in [3.8, 4) is 0 Å². The van der Waals surface area contributed by atoms with Gasteiger partial charge >= 0.3 is 0 Å². The third-order valence-electron chi connectivity index (χ3n) is 3.36. The van der Waals surface area contributed by atoms with Crippen LogP contribution in [0.15, 0.2) is 54.6 Å². The highest BCUT2D eigenvalue weighted by atomic mass is 32.2. The van der Waals surface area contributed by atoms with Gasteiger partial charge in [-0.25, -0.2) is 12.8 Å². The van der Waals surface area contributed by atoms with E-state index in [0.717, 1.165) is 11.1 Å². The summed E-state index contributed by atoms with van der Waals surface area (Å²) in [5.74, 6) is -0.138. The fourth-order valence-electron chi connectivity index (χ4n) is 2.34. The maximum absolute atomic E-state index is 13.5. The van der Waals surface area contributed by atoms with Gasteiger partial charge in [-0.1, -0.05) is 42.5 Å². The van der Waals surface area contributed by atoms with Gasteiger partial charge in [-0.05, 0) is 36.2 Å². The van der Waals surface area contributed by atoms with Crippen LogP contribution in [0.4, 0.5) is 4.39 Å². The smallest absolute Gasteiger partial charge is 0.147 e. The molecule has 0 aliphatic carbocycles. The third-order valence-corrected chi connectivity index (χ3v) is 4.39. The molecule has 118 valence electrons. The van der Waals surface area contributed by atoms with E-state index < -0.39 is 9.84 Å². The zero-order valence-corrected chi connectivity index (χ0v) is 13.3. The molecule has 0 radical (unpaired) electrons. The van der Waals surface area contributed by atoms with Gasteiger partial charge < -0.3 is 5.32 Å². The summed E-state index contributed by atoms with van der Waals surface area (Å²) in [5.41, 5.74) is 1.85. The Morgan fingerprint density at radius 1 is 1.05 bits per heavy atom. The first-order chi connectivity index (χ1) is 10.5. The van der Waals surface area contributed by atoms with Crippen LogP contribution in [-0.4, -0.2) is 27.0 Å². The van der Waals surface area contributed by atoms with E-state index in [-0.39, 0.29) is 17.6 Å². The molecule has 22 heavy (non-hydrogen) atoms. The van der Waals surface area contributed by atoms with Crippen molar-refractivity contribution in [3.63, 3.8) is 0 Å². The van der Waals surface area contributed by atoms with Crippen molar-refractivity contribution in [1.82, 2.24) is 5.32 Å². The van der Waals surface area contributed by atoms with E-state index in [1.54, 1.807) is 6.07 Å². The molecule has 1 atom stereocenters. The van der Waals surface area contributed by atoms with Gasteiger partial charge in [-0.3, -0.25) is 0 Å². The van der Waals surface area contributed by atoms with Crippen LogP contribution in [0.1, 0.15) is 23.6 Å². The molecule has 0 aliphatic rings. The molecule has 0 aromatic heterocycles. The van der Waals surface area contributed by atoms with Crippen molar-refractivity contribution in [2.24, 2.45) is 0 Å². The van der Waals surface area contributed by atoms with Gasteiger partial charge in [-0.15, -0.1) is 0 Å². The molecule has 2 rings (SSSR count). The second-order valence-electron chi connectivity index (χ2n) is 5.34. The Hall–Kier alpha value is -1.72. The number of hydrogen-bond donors (Lipinski definition) is 1. The summed E-state index contributed by atoms with van der Waals surface area (Å²) >= 11 is 0. The Morgan fingerprint density at radius 3 is 2.36 bits per heavy atom. The molecule has 0 amide bonds. The molecule has 0 aliphatic heterocycles. The number of hydrogen-bond acceptors (Lipinski definition) is 3. The summed E-state index contributed by atoms with van der Waals surface area (Å²) in [6.07, 6.45) is 1.76. The van der Waals surface area contributed by atoms with Crippen LogP contribution in [0, 0.1) is 5.82 Å². The predicted octanol–water partition coefficient (Wildman–Crippen LogP) is 2.94.